The van der Waals surface area contributed by atoms with Crippen LogP contribution in [-0.2, 0) is 6.54 Å². The summed E-state index contributed by atoms with van der Waals surface area (Å²) in [6.07, 6.45) is 0. The van der Waals surface area contributed by atoms with Crippen LogP contribution in [0.4, 0.5) is 0 Å². The third kappa shape index (κ3) is 3.32. The van der Waals surface area contributed by atoms with Crippen molar-refractivity contribution >= 4 is 17.4 Å². The van der Waals surface area contributed by atoms with Gasteiger partial charge in [-0.05, 0) is 18.6 Å². The predicted octanol–water partition coefficient (Wildman–Crippen LogP) is 3.11. The summed E-state index contributed by atoms with van der Waals surface area (Å²) < 4.78 is 1.02. The van der Waals surface area contributed by atoms with Crippen molar-refractivity contribution in [1.82, 2.24) is 9.55 Å². The number of aromatic nitrogens is 2. The molecule has 0 radical (unpaired) electrons. The molecule has 0 amide bonds. The van der Waals surface area contributed by atoms with E-state index in [9.17, 15) is 14.4 Å². The Morgan fingerprint density at radius 3 is 2.32 bits per heavy atom. The third-order valence-corrected chi connectivity index (χ3v) is 4.19. The Morgan fingerprint density at radius 1 is 1.04 bits per heavy atom. The molecule has 0 saturated carbocycles. The molecule has 1 aromatic heterocycles. The minimum Gasteiger partial charge on any atom is -0.306 e. The molecule has 25 heavy (non-hydrogen) atoms. The standard InChI is InChI=1S/C19H15ClN2O3/c1-12(23)16-17(14-9-5-6-10-15(14)20)21-19(25)22(18(16)24)11-13-7-3-2-4-8-13/h2-10H,11H2,1H3,(H,21,25). The van der Waals surface area contributed by atoms with Gasteiger partial charge in [-0.15, -0.1) is 0 Å². The van der Waals surface area contributed by atoms with Gasteiger partial charge in [0.1, 0.15) is 5.56 Å². The Labute approximate surface area is 148 Å². The lowest BCUT2D eigenvalue weighted by molar-refractivity contribution is 0.101. The Balaban J connectivity index is 2.24. The molecule has 1 N–H and O–H groups in total. The van der Waals surface area contributed by atoms with Crippen molar-refractivity contribution in [2.24, 2.45) is 0 Å². The van der Waals surface area contributed by atoms with Crippen LogP contribution in [0.2, 0.25) is 5.02 Å². The number of hydrogen-bond donors (Lipinski definition) is 1. The maximum absolute atomic E-state index is 12.8. The molecular formula is C19H15ClN2O3. The molecule has 0 fully saturated rings. The molecule has 1 heterocycles. The van der Waals surface area contributed by atoms with Gasteiger partial charge in [-0.1, -0.05) is 60.1 Å². The van der Waals surface area contributed by atoms with Crippen LogP contribution in [-0.4, -0.2) is 15.3 Å². The van der Waals surface area contributed by atoms with Crippen LogP contribution in [0.3, 0.4) is 0 Å². The van der Waals surface area contributed by atoms with E-state index in [-0.39, 0.29) is 17.8 Å². The molecule has 6 heteroatoms. The fraction of sp³-hybridized carbons (Fsp3) is 0.105. The van der Waals surface area contributed by atoms with E-state index in [0.717, 1.165) is 10.1 Å². The van der Waals surface area contributed by atoms with Crippen molar-refractivity contribution in [3.63, 3.8) is 0 Å². The van der Waals surface area contributed by atoms with E-state index in [1.54, 1.807) is 36.4 Å². The minimum absolute atomic E-state index is 0.0800. The van der Waals surface area contributed by atoms with Crippen molar-refractivity contribution in [1.29, 1.82) is 0 Å². The van der Waals surface area contributed by atoms with Crippen molar-refractivity contribution < 1.29 is 4.79 Å². The lowest BCUT2D eigenvalue weighted by Gasteiger charge is -2.12. The molecule has 5 nitrogen and oxygen atoms in total. The van der Waals surface area contributed by atoms with E-state index in [0.29, 0.717) is 10.6 Å². The number of ketones is 1. The minimum atomic E-state index is -0.630. The van der Waals surface area contributed by atoms with E-state index in [2.05, 4.69) is 4.98 Å². The predicted molar refractivity (Wildman–Crippen MR) is 97.3 cm³/mol. The van der Waals surface area contributed by atoms with E-state index in [4.69, 9.17) is 11.6 Å². The average Bonchev–Trinajstić information content (AvgIpc) is 2.59. The monoisotopic (exact) mass is 354 g/mol. The van der Waals surface area contributed by atoms with E-state index < -0.39 is 17.0 Å². The molecule has 3 rings (SSSR count). The fourth-order valence-electron chi connectivity index (χ4n) is 2.67. The third-order valence-electron chi connectivity index (χ3n) is 3.86. The van der Waals surface area contributed by atoms with Gasteiger partial charge in [-0.25, -0.2) is 4.79 Å². The van der Waals surface area contributed by atoms with Gasteiger partial charge in [-0.3, -0.25) is 14.2 Å². The molecular weight excluding hydrogens is 340 g/mol. The molecule has 0 saturated heterocycles. The SMILES string of the molecule is CC(=O)c1c(-c2ccccc2Cl)[nH]c(=O)n(Cc2ccccc2)c1=O. The summed E-state index contributed by atoms with van der Waals surface area (Å²) in [5.41, 5.74) is 0.0790. The first-order valence-corrected chi connectivity index (χ1v) is 8.03. The van der Waals surface area contributed by atoms with Gasteiger partial charge in [0.2, 0.25) is 0 Å². The van der Waals surface area contributed by atoms with Gasteiger partial charge in [0, 0.05) is 10.6 Å². The van der Waals surface area contributed by atoms with Gasteiger partial charge in [0.25, 0.3) is 5.56 Å². The number of hydrogen-bond acceptors (Lipinski definition) is 3. The zero-order valence-electron chi connectivity index (χ0n) is 13.5. The average molecular weight is 355 g/mol. The number of carbonyl (C=O) groups excluding carboxylic acids is 1. The van der Waals surface area contributed by atoms with Crippen LogP contribution in [0.1, 0.15) is 22.8 Å². The van der Waals surface area contributed by atoms with Crippen molar-refractivity contribution in [2.75, 3.05) is 0 Å². The van der Waals surface area contributed by atoms with Gasteiger partial charge < -0.3 is 4.98 Å². The Morgan fingerprint density at radius 2 is 1.68 bits per heavy atom. The number of nitrogens with one attached hydrogen (secondary N) is 1. The largest absolute Gasteiger partial charge is 0.329 e. The molecule has 0 bridgehead atoms. The Kier molecular flexibility index (Phi) is 4.67. The first kappa shape index (κ1) is 16.9. The van der Waals surface area contributed by atoms with Crippen LogP contribution in [0, 0.1) is 0 Å². The molecule has 0 aliphatic heterocycles. The van der Waals surface area contributed by atoms with Gasteiger partial charge in [0.15, 0.2) is 5.78 Å². The number of nitrogens with zero attached hydrogens (tertiary/aromatic N) is 1. The molecule has 126 valence electrons. The first-order chi connectivity index (χ1) is 12.0. The zero-order valence-corrected chi connectivity index (χ0v) is 14.2. The smallest absolute Gasteiger partial charge is 0.306 e. The summed E-state index contributed by atoms with van der Waals surface area (Å²) in [5.74, 6) is -0.432. The summed E-state index contributed by atoms with van der Waals surface area (Å²) >= 11 is 6.17. The number of carbonyl (C=O) groups is 1. The quantitative estimate of drug-likeness (QED) is 0.732. The fourth-order valence-corrected chi connectivity index (χ4v) is 2.90. The van der Waals surface area contributed by atoms with Crippen molar-refractivity contribution in [3.8, 4) is 11.3 Å². The lowest BCUT2D eigenvalue weighted by atomic mass is 10.0. The number of aromatic amines is 1. The Hall–Kier alpha value is -2.92. The number of benzene rings is 2. The molecule has 0 atom stereocenters. The van der Waals surface area contributed by atoms with Gasteiger partial charge >= 0.3 is 5.69 Å². The van der Waals surface area contributed by atoms with E-state index in [1.807, 2.05) is 18.2 Å². The number of rotatable bonds is 4. The normalized spacial score (nSPS) is 10.6. The topological polar surface area (TPSA) is 71.9 Å². The van der Waals surface area contributed by atoms with E-state index >= 15 is 0 Å². The molecule has 0 aliphatic carbocycles. The highest BCUT2D eigenvalue weighted by Crippen LogP contribution is 2.26. The van der Waals surface area contributed by atoms with Crippen molar-refractivity contribution in [2.45, 2.75) is 13.5 Å². The molecule has 3 aromatic rings. The van der Waals surface area contributed by atoms with Crippen LogP contribution in [0.15, 0.2) is 64.2 Å². The van der Waals surface area contributed by atoms with Crippen LogP contribution >= 0.6 is 11.6 Å². The van der Waals surface area contributed by atoms with Crippen LogP contribution < -0.4 is 11.2 Å². The highest BCUT2D eigenvalue weighted by Gasteiger charge is 2.20. The lowest BCUT2D eigenvalue weighted by Crippen LogP contribution is -2.39. The zero-order chi connectivity index (χ0) is 18.0. The molecule has 0 unspecified atom stereocenters. The summed E-state index contributed by atoms with van der Waals surface area (Å²) in [5, 5.41) is 0.348. The number of halogens is 1. The summed E-state index contributed by atoms with van der Waals surface area (Å²) in [6, 6.07) is 15.8. The summed E-state index contributed by atoms with van der Waals surface area (Å²) in [6.45, 7) is 1.38. The first-order valence-electron chi connectivity index (χ1n) is 7.66. The van der Waals surface area contributed by atoms with Gasteiger partial charge in [-0.2, -0.15) is 0 Å². The molecule has 2 aromatic carbocycles. The molecule has 0 spiro atoms. The maximum atomic E-state index is 12.8. The maximum Gasteiger partial charge on any atom is 0.329 e. The second-order valence-electron chi connectivity index (χ2n) is 5.59. The van der Waals surface area contributed by atoms with E-state index in [1.165, 1.54) is 6.92 Å². The highest BCUT2D eigenvalue weighted by atomic mass is 35.5. The molecule has 0 aliphatic rings. The number of H-pyrrole nitrogens is 1. The second kappa shape index (κ2) is 6.91. The summed E-state index contributed by atoms with van der Waals surface area (Å²) in [7, 11) is 0. The summed E-state index contributed by atoms with van der Waals surface area (Å²) in [4.78, 5) is 40.1. The van der Waals surface area contributed by atoms with Crippen molar-refractivity contribution in [3.05, 3.63) is 91.6 Å². The highest BCUT2D eigenvalue weighted by molar-refractivity contribution is 6.33. The second-order valence-corrected chi connectivity index (χ2v) is 6.00. The Bertz CT molecular complexity index is 1050. The van der Waals surface area contributed by atoms with Crippen LogP contribution in [0.25, 0.3) is 11.3 Å². The number of Topliss-reactive ketones (excluding diaryl/α,β-unsaturated/α-hetero) is 1. The van der Waals surface area contributed by atoms with Gasteiger partial charge in [0.05, 0.1) is 12.2 Å². The van der Waals surface area contributed by atoms with Crippen LogP contribution in [0.5, 0.6) is 0 Å².